The van der Waals surface area contributed by atoms with Gasteiger partial charge in [-0.15, -0.1) is 0 Å². The number of halogens is 1. The van der Waals surface area contributed by atoms with Gasteiger partial charge in [0.25, 0.3) is 10.1 Å². The quantitative estimate of drug-likeness (QED) is 0.477. The maximum atomic E-state index is 11.6. The Bertz CT molecular complexity index is 975. The number of fused-ring (bicyclic) bond motifs is 1. The number of hydrogen-bond donors (Lipinski definition) is 3. The molecule has 0 aromatic carbocycles. The standard InChI is InChI=1S/C18H23ClN4O4S/c1-11(24)21-15-10-20-14-6-7-16(19)23-17(14)18(15)22-13-4-2-12(3-5-13)8-9-28(25,26)27/h6-7,10,12-13H,2-5,8-9H2,1H3,(H,20,22)(H,21,24)(H,25,26,27). The van der Waals surface area contributed by atoms with Gasteiger partial charge in [-0.2, -0.15) is 8.42 Å². The molecule has 2 aromatic rings. The van der Waals surface area contributed by atoms with Gasteiger partial charge in [0.1, 0.15) is 10.7 Å². The van der Waals surface area contributed by atoms with Crippen molar-refractivity contribution < 1.29 is 17.8 Å². The number of aromatic nitrogens is 2. The molecule has 28 heavy (non-hydrogen) atoms. The molecule has 0 saturated heterocycles. The molecule has 1 amide bonds. The van der Waals surface area contributed by atoms with Crippen LogP contribution in [0.2, 0.25) is 5.15 Å². The lowest BCUT2D eigenvalue weighted by molar-refractivity contribution is -0.114. The Morgan fingerprint density at radius 3 is 2.64 bits per heavy atom. The third kappa shape index (κ3) is 5.52. The van der Waals surface area contributed by atoms with E-state index in [1.54, 1.807) is 18.3 Å². The molecule has 1 aliphatic carbocycles. The van der Waals surface area contributed by atoms with E-state index in [-0.39, 0.29) is 23.6 Å². The number of carbonyl (C=O) groups excluding carboxylic acids is 1. The van der Waals surface area contributed by atoms with Crippen LogP contribution in [0.5, 0.6) is 0 Å². The second kappa shape index (κ2) is 8.59. The fourth-order valence-corrected chi connectivity index (χ4v) is 4.37. The largest absolute Gasteiger partial charge is 0.379 e. The van der Waals surface area contributed by atoms with Crippen molar-refractivity contribution in [2.45, 2.75) is 45.1 Å². The molecule has 0 spiro atoms. The van der Waals surface area contributed by atoms with Crippen LogP contribution in [0.25, 0.3) is 11.0 Å². The van der Waals surface area contributed by atoms with E-state index in [9.17, 15) is 13.2 Å². The van der Waals surface area contributed by atoms with E-state index < -0.39 is 10.1 Å². The summed E-state index contributed by atoms with van der Waals surface area (Å²) in [7, 11) is -3.91. The van der Waals surface area contributed by atoms with Gasteiger partial charge in [0.05, 0.1) is 28.8 Å². The van der Waals surface area contributed by atoms with Crippen molar-refractivity contribution in [3.05, 3.63) is 23.5 Å². The molecule has 0 atom stereocenters. The third-order valence-electron chi connectivity index (χ3n) is 4.97. The van der Waals surface area contributed by atoms with Crippen LogP contribution in [0.1, 0.15) is 39.0 Å². The highest BCUT2D eigenvalue weighted by Crippen LogP contribution is 2.34. The van der Waals surface area contributed by atoms with Gasteiger partial charge in [-0.1, -0.05) is 11.6 Å². The Morgan fingerprint density at radius 1 is 1.29 bits per heavy atom. The number of anilines is 2. The summed E-state index contributed by atoms with van der Waals surface area (Å²) in [4.78, 5) is 20.3. The number of nitrogens with zero attached hydrogens (tertiary/aromatic N) is 2. The molecular weight excluding hydrogens is 404 g/mol. The smallest absolute Gasteiger partial charge is 0.264 e. The molecule has 1 aliphatic rings. The van der Waals surface area contributed by atoms with Crippen molar-refractivity contribution >= 4 is 50.0 Å². The van der Waals surface area contributed by atoms with Crippen molar-refractivity contribution in [3.63, 3.8) is 0 Å². The zero-order chi connectivity index (χ0) is 20.3. The first-order chi connectivity index (χ1) is 13.2. The van der Waals surface area contributed by atoms with E-state index in [0.29, 0.717) is 34.0 Å². The summed E-state index contributed by atoms with van der Waals surface area (Å²) in [5, 5.41) is 6.59. The minimum Gasteiger partial charge on any atom is -0.379 e. The van der Waals surface area contributed by atoms with Gasteiger partial charge in [0, 0.05) is 13.0 Å². The van der Waals surface area contributed by atoms with Crippen LogP contribution in [0.3, 0.4) is 0 Å². The van der Waals surface area contributed by atoms with Crippen molar-refractivity contribution in [1.82, 2.24) is 9.97 Å². The Kier molecular flexibility index (Phi) is 6.36. The molecule has 0 unspecified atom stereocenters. The summed E-state index contributed by atoms with van der Waals surface area (Å²) in [5.41, 5.74) is 2.49. The van der Waals surface area contributed by atoms with Gasteiger partial charge in [0.2, 0.25) is 5.91 Å². The monoisotopic (exact) mass is 426 g/mol. The SMILES string of the molecule is CC(=O)Nc1cnc2ccc(Cl)nc2c1NC1CCC(CCS(=O)(=O)O)CC1. The molecule has 8 nitrogen and oxygen atoms in total. The van der Waals surface area contributed by atoms with Crippen molar-refractivity contribution in [3.8, 4) is 0 Å². The number of rotatable bonds is 6. The first kappa shape index (κ1) is 20.8. The van der Waals surface area contributed by atoms with E-state index in [0.717, 1.165) is 25.7 Å². The molecule has 0 aliphatic heterocycles. The van der Waals surface area contributed by atoms with Crippen LogP contribution < -0.4 is 10.6 Å². The molecule has 152 valence electrons. The highest BCUT2D eigenvalue weighted by molar-refractivity contribution is 7.85. The summed E-state index contributed by atoms with van der Waals surface area (Å²) >= 11 is 6.06. The van der Waals surface area contributed by atoms with Gasteiger partial charge in [-0.3, -0.25) is 14.3 Å². The van der Waals surface area contributed by atoms with Crippen LogP contribution >= 0.6 is 11.6 Å². The van der Waals surface area contributed by atoms with Gasteiger partial charge in [0.15, 0.2) is 0 Å². The minimum absolute atomic E-state index is 0.154. The normalized spacial score (nSPS) is 20.1. The second-order valence-corrected chi connectivity index (χ2v) is 9.13. The van der Waals surface area contributed by atoms with Gasteiger partial charge < -0.3 is 10.6 Å². The highest BCUT2D eigenvalue weighted by atomic mass is 35.5. The number of nitrogens with one attached hydrogen (secondary N) is 2. The minimum atomic E-state index is -3.91. The summed E-state index contributed by atoms with van der Waals surface area (Å²) in [6, 6.07) is 3.60. The van der Waals surface area contributed by atoms with Crippen LogP contribution in [0, 0.1) is 5.92 Å². The number of amides is 1. The topological polar surface area (TPSA) is 121 Å². The van der Waals surface area contributed by atoms with E-state index in [2.05, 4.69) is 20.6 Å². The van der Waals surface area contributed by atoms with Gasteiger partial charge in [-0.05, 0) is 50.2 Å². The fourth-order valence-electron chi connectivity index (χ4n) is 3.59. The van der Waals surface area contributed by atoms with Crippen molar-refractivity contribution in [2.75, 3.05) is 16.4 Å². The number of hydrogen-bond acceptors (Lipinski definition) is 6. The van der Waals surface area contributed by atoms with Crippen LogP contribution in [-0.2, 0) is 14.9 Å². The Labute approximate surface area is 168 Å². The molecule has 2 aromatic heterocycles. The average Bonchev–Trinajstić information content (AvgIpc) is 2.62. The first-order valence-electron chi connectivity index (χ1n) is 9.16. The predicted molar refractivity (Wildman–Crippen MR) is 109 cm³/mol. The molecule has 0 radical (unpaired) electrons. The van der Waals surface area contributed by atoms with Crippen molar-refractivity contribution in [2.24, 2.45) is 5.92 Å². The van der Waals surface area contributed by atoms with Crippen LogP contribution in [0.4, 0.5) is 11.4 Å². The van der Waals surface area contributed by atoms with E-state index in [4.69, 9.17) is 16.2 Å². The zero-order valence-corrected chi connectivity index (χ0v) is 17.1. The third-order valence-corrected chi connectivity index (χ3v) is 5.93. The maximum absolute atomic E-state index is 11.6. The molecule has 2 heterocycles. The first-order valence-corrected chi connectivity index (χ1v) is 11.1. The molecule has 3 rings (SSSR count). The molecule has 1 saturated carbocycles. The average molecular weight is 427 g/mol. The molecule has 3 N–H and O–H groups in total. The van der Waals surface area contributed by atoms with Crippen molar-refractivity contribution in [1.29, 1.82) is 0 Å². The summed E-state index contributed by atoms with van der Waals surface area (Å²) in [6.45, 7) is 1.43. The summed E-state index contributed by atoms with van der Waals surface area (Å²) < 4.78 is 30.8. The molecule has 10 heteroatoms. The van der Waals surface area contributed by atoms with E-state index in [1.165, 1.54) is 6.92 Å². The van der Waals surface area contributed by atoms with Gasteiger partial charge >= 0.3 is 0 Å². The highest BCUT2D eigenvalue weighted by Gasteiger charge is 2.24. The van der Waals surface area contributed by atoms with Crippen LogP contribution in [-0.4, -0.2) is 40.6 Å². The number of pyridine rings is 2. The fraction of sp³-hybridized carbons (Fsp3) is 0.500. The maximum Gasteiger partial charge on any atom is 0.264 e. The van der Waals surface area contributed by atoms with Crippen LogP contribution in [0.15, 0.2) is 18.3 Å². The Hall–Kier alpha value is -1.97. The molecule has 0 bridgehead atoms. The molecule has 1 fully saturated rings. The Balaban J connectivity index is 1.76. The van der Waals surface area contributed by atoms with Gasteiger partial charge in [-0.25, -0.2) is 4.98 Å². The second-order valence-electron chi connectivity index (χ2n) is 7.17. The Morgan fingerprint density at radius 2 is 2.00 bits per heavy atom. The molecular formula is C18H23ClN4O4S. The van der Waals surface area contributed by atoms with E-state index >= 15 is 0 Å². The number of carbonyl (C=O) groups is 1. The predicted octanol–water partition coefficient (Wildman–Crippen LogP) is 3.49. The zero-order valence-electron chi connectivity index (χ0n) is 15.5. The lowest BCUT2D eigenvalue weighted by Gasteiger charge is -2.30. The summed E-state index contributed by atoms with van der Waals surface area (Å²) in [5.74, 6) is -0.128. The summed E-state index contributed by atoms with van der Waals surface area (Å²) in [6.07, 6.45) is 5.48. The lowest BCUT2D eigenvalue weighted by atomic mass is 9.84. The lowest BCUT2D eigenvalue weighted by Crippen LogP contribution is -2.27. The van der Waals surface area contributed by atoms with E-state index in [1.807, 2.05) is 0 Å².